The van der Waals surface area contributed by atoms with Crippen molar-refractivity contribution in [2.24, 2.45) is 0 Å². The molecule has 0 unspecified atom stereocenters. The van der Waals surface area contributed by atoms with Gasteiger partial charge in [-0.25, -0.2) is 8.42 Å². The summed E-state index contributed by atoms with van der Waals surface area (Å²) in [6, 6.07) is 11.4. The number of aryl methyl sites for hydroxylation is 1. The highest BCUT2D eigenvalue weighted by atomic mass is 32.2. The Hall–Kier alpha value is -2.54. The molecule has 6 nitrogen and oxygen atoms in total. The van der Waals surface area contributed by atoms with Crippen LogP contribution in [0.15, 0.2) is 42.5 Å². The van der Waals surface area contributed by atoms with E-state index in [1.807, 2.05) is 32.0 Å². The lowest BCUT2D eigenvalue weighted by Crippen LogP contribution is -2.47. The second-order valence-electron chi connectivity index (χ2n) is 6.42. The molecule has 0 aromatic heterocycles. The maximum atomic E-state index is 12.9. The molecule has 0 bridgehead atoms. The van der Waals surface area contributed by atoms with Crippen LogP contribution in [0.5, 0.6) is 5.75 Å². The fourth-order valence-corrected chi connectivity index (χ4v) is 4.10. The van der Waals surface area contributed by atoms with Gasteiger partial charge >= 0.3 is 0 Å². The first-order valence-electron chi connectivity index (χ1n) is 8.69. The Labute approximate surface area is 161 Å². The Morgan fingerprint density at radius 1 is 1.15 bits per heavy atom. The summed E-state index contributed by atoms with van der Waals surface area (Å²) in [6.07, 6.45) is 1.43. The number of carbonyl (C=O) groups excluding carboxylic acids is 1. The molecule has 2 aromatic rings. The number of ether oxygens (including phenoxy) is 1. The Morgan fingerprint density at radius 2 is 1.78 bits per heavy atom. The summed E-state index contributed by atoms with van der Waals surface area (Å²) in [5.74, 6) is 0.243. The molecular weight excluding hydrogens is 364 g/mol. The van der Waals surface area contributed by atoms with Gasteiger partial charge in [-0.05, 0) is 61.7 Å². The molecule has 0 aliphatic carbocycles. The molecule has 0 saturated heterocycles. The van der Waals surface area contributed by atoms with Gasteiger partial charge in [0.05, 0.1) is 19.1 Å². The predicted molar refractivity (Wildman–Crippen MR) is 109 cm³/mol. The van der Waals surface area contributed by atoms with E-state index in [0.717, 1.165) is 21.7 Å². The van der Waals surface area contributed by atoms with Crippen molar-refractivity contribution in [2.75, 3.05) is 23.0 Å². The van der Waals surface area contributed by atoms with Crippen LogP contribution in [-0.2, 0) is 14.8 Å². The number of hydrogen-bond donors (Lipinski definition) is 1. The fourth-order valence-electron chi connectivity index (χ4n) is 2.89. The van der Waals surface area contributed by atoms with Crippen LogP contribution in [0.3, 0.4) is 0 Å². The number of methoxy groups -OCH3 is 1. The monoisotopic (exact) mass is 390 g/mol. The summed E-state index contributed by atoms with van der Waals surface area (Å²) in [4.78, 5) is 12.9. The van der Waals surface area contributed by atoms with Gasteiger partial charge in [-0.3, -0.25) is 9.10 Å². The lowest BCUT2D eigenvalue weighted by Gasteiger charge is -2.30. The molecule has 2 aromatic carbocycles. The topological polar surface area (TPSA) is 75.7 Å². The first-order chi connectivity index (χ1) is 12.7. The lowest BCUT2D eigenvalue weighted by molar-refractivity contribution is -0.117. The van der Waals surface area contributed by atoms with E-state index in [0.29, 0.717) is 23.5 Å². The normalized spacial score (nSPS) is 12.3. The minimum Gasteiger partial charge on any atom is -0.497 e. The molecule has 0 aliphatic heterocycles. The summed E-state index contributed by atoms with van der Waals surface area (Å²) < 4.78 is 31.2. The lowest BCUT2D eigenvalue weighted by atomic mass is 10.1. The van der Waals surface area contributed by atoms with E-state index in [1.54, 1.807) is 31.2 Å². The van der Waals surface area contributed by atoms with E-state index < -0.39 is 16.1 Å². The molecule has 27 heavy (non-hydrogen) atoms. The molecule has 0 aliphatic rings. The van der Waals surface area contributed by atoms with Gasteiger partial charge in [0.15, 0.2) is 0 Å². The van der Waals surface area contributed by atoms with Crippen LogP contribution in [0.1, 0.15) is 24.5 Å². The van der Waals surface area contributed by atoms with Crippen LogP contribution in [-0.4, -0.2) is 33.7 Å². The predicted octanol–water partition coefficient (Wildman–Crippen LogP) is 3.50. The van der Waals surface area contributed by atoms with Gasteiger partial charge in [0.25, 0.3) is 0 Å². The quantitative estimate of drug-likeness (QED) is 0.785. The van der Waals surface area contributed by atoms with E-state index in [2.05, 4.69) is 5.32 Å². The van der Waals surface area contributed by atoms with Crippen LogP contribution in [0.2, 0.25) is 0 Å². The number of hydrogen-bond acceptors (Lipinski definition) is 4. The van der Waals surface area contributed by atoms with Crippen LogP contribution >= 0.6 is 0 Å². The first-order valence-corrected chi connectivity index (χ1v) is 10.5. The summed E-state index contributed by atoms with van der Waals surface area (Å²) in [5.41, 5.74) is 3.11. The maximum absolute atomic E-state index is 12.9. The number of nitrogens with one attached hydrogen (secondary N) is 1. The number of carbonyl (C=O) groups is 1. The van der Waals surface area contributed by atoms with Crippen molar-refractivity contribution in [1.29, 1.82) is 0 Å². The van der Waals surface area contributed by atoms with Crippen molar-refractivity contribution in [3.63, 3.8) is 0 Å². The molecule has 146 valence electrons. The zero-order chi connectivity index (χ0) is 20.2. The average molecular weight is 391 g/mol. The SMILES string of the molecule is CC[C@@H](C(=O)Nc1cccc(C)c1C)N(c1ccc(OC)cc1)S(C)(=O)=O. The van der Waals surface area contributed by atoms with Crippen molar-refractivity contribution in [2.45, 2.75) is 33.2 Å². The summed E-state index contributed by atoms with van der Waals surface area (Å²) in [7, 11) is -2.14. The molecule has 1 amide bonds. The molecule has 0 saturated carbocycles. The van der Waals surface area contributed by atoms with E-state index in [4.69, 9.17) is 4.74 Å². The standard InChI is InChI=1S/C20H26N2O4S/c1-6-19(20(23)21-18-9-7-8-14(2)15(18)3)22(27(5,24)25)16-10-12-17(26-4)13-11-16/h7-13,19H,6H2,1-5H3,(H,21,23)/t19-/m0/s1. The highest BCUT2D eigenvalue weighted by Crippen LogP contribution is 2.26. The van der Waals surface area contributed by atoms with Crippen molar-refractivity contribution in [3.05, 3.63) is 53.6 Å². The fraction of sp³-hybridized carbons (Fsp3) is 0.350. The van der Waals surface area contributed by atoms with Gasteiger partial charge in [-0.2, -0.15) is 0 Å². The van der Waals surface area contributed by atoms with Crippen LogP contribution in [0, 0.1) is 13.8 Å². The summed E-state index contributed by atoms with van der Waals surface area (Å²) in [5, 5.41) is 2.88. The van der Waals surface area contributed by atoms with Gasteiger partial charge in [0.1, 0.15) is 11.8 Å². The highest BCUT2D eigenvalue weighted by molar-refractivity contribution is 7.92. The van der Waals surface area contributed by atoms with E-state index in [9.17, 15) is 13.2 Å². The third-order valence-corrected chi connectivity index (χ3v) is 5.70. The van der Waals surface area contributed by atoms with E-state index in [1.165, 1.54) is 7.11 Å². The number of sulfonamides is 1. The van der Waals surface area contributed by atoms with Crippen molar-refractivity contribution < 1.29 is 17.9 Å². The molecule has 0 radical (unpaired) electrons. The third kappa shape index (κ3) is 4.80. The van der Waals surface area contributed by atoms with E-state index >= 15 is 0 Å². The number of anilines is 2. The Balaban J connectivity index is 2.39. The van der Waals surface area contributed by atoms with Gasteiger partial charge < -0.3 is 10.1 Å². The average Bonchev–Trinajstić information content (AvgIpc) is 2.62. The number of amides is 1. The van der Waals surface area contributed by atoms with Crippen molar-refractivity contribution >= 4 is 27.3 Å². The Morgan fingerprint density at radius 3 is 2.30 bits per heavy atom. The second kappa shape index (κ2) is 8.43. The maximum Gasteiger partial charge on any atom is 0.248 e. The summed E-state index contributed by atoms with van der Waals surface area (Å²) >= 11 is 0. The zero-order valence-corrected chi connectivity index (χ0v) is 17.1. The third-order valence-electron chi connectivity index (χ3n) is 4.52. The first kappa shape index (κ1) is 20.8. The zero-order valence-electron chi connectivity index (χ0n) is 16.3. The number of nitrogens with zero attached hydrogens (tertiary/aromatic N) is 1. The van der Waals surface area contributed by atoms with Gasteiger partial charge in [-0.1, -0.05) is 19.1 Å². The smallest absolute Gasteiger partial charge is 0.248 e. The minimum atomic E-state index is -3.67. The van der Waals surface area contributed by atoms with Crippen LogP contribution in [0.25, 0.3) is 0 Å². The van der Waals surface area contributed by atoms with Crippen LogP contribution in [0.4, 0.5) is 11.4 Å². The Bertz CT molecular complexity index is 908. The van der Waals surface area contributed by atoms with Gasteiger partial charge in [0, 0.05) is 5.69 Å². The Kier molecular flexibility index (Phi) is 6.49. The van der Waals surface area contributed by atoms with Crippen molar-refractivity contribution in [1.82, 2.24) is 0 Å². The van der Waals surface area contributed by atoms with Crippen LogP contribution < -0.4 is 14.4 Å². The molecule has 0 fully saturated rings. The second-order valence-corrected chi connectivity index (χ2v) is 8.28. The molecule has 7 heteroatoms. The molecule has 0 heterocycles. The van der Waals surface area contributed by atoms with Crippen molar-refractivity contribution in [3.8, 4) is 5.75 Å². The van der Waals surface area contributed by atoms with Gasteiger partial charge in [-0.15, -0.1) is 0 Å². The minimum absolute atomic E-state index is 0.329. The largest absolute Gasteiger partial charge is 0.497 e. The molecule has 2 rings (SSSR count). The molecule has 1 atom stereocenters. The summed E-state index contributed by atoms with van der Waals surface area (Å²) in [6.45, 7) is 5.67. The molecule has 1 N–H and O–H groups in total. The van der Waals surface area contributed by atoms with E-state index in [-0.39, 0.29) is 5.91 Å². The number of rotatable bonds is 7. The highest BCUT2D eigenvalue weighted by Gasteiger charge is 2.31. The molecule has 0 spiro atoms. The number of benzene rings is 2. The molecular formula is C20H26N2O4S. The van der Waals surface area contributed by atoms with Gasteiger partial charge in [0.2, 0.25) is 15.9 Å².